The molecule has 0 aromatic carbocycles. The zero-order valence-corrected chi connectivity index (χ0v) is 15.5. The van der Waals surface area contributed by atoms with Crippen LogP contribution in [0, 0.1) is 0 Å². The highest BCUT2D eigenvalue weighted by molar-refractivity contribution is 5.50. The lowest BCUT2D eigenvalue weighted by Crippen LogP contribution is -2.60. The number of anilines is 3. The lowest BCUT2D eigenvalue weighted by molar-refractivity contribution is -0.0631. The van der Waals surface area contributed by atoms with E-state index in [9.17, 15) is 0 Å². The maximum Gasteiger partial charge on any atom is 0.132 e. The molecule has 0 amide bonds. The van der Waals surface area contributed by atoms with Crippen molar-refractivity contribution in [3.8, 4) is 0 Å². The summed E-state index contributed by atoms with van der Waals surface area (Å²) < 4.78 is 6.31. The van der Waals surface area contributed by atoms with Crippen molar-refractivity contribution in [2.45, 2.75) is 18.4 Å². The number of hydrogen-bond donors (Lipinski definition) is 0. The Hall–Kier alpha value is -2.41. The van der Waals surface area contributed by atoms with Crippen LogP contribution in [0.25, 0.3) is 0 Å². The van der Waals surface area contributed by atoms with Crippen molar-refractivity contribution in [3.05, 3.63) is 36.9 Å². The van der Waals surface area contributed by atoms with E-state index in [2.05, 4.69) is 41.8 Å². The van der Waals surface area contributed by atoms with E-state index in [0.29, 0.717) is 0 Å². The number of aromatic nitrogens is 3. The van der Waals surface area contributed by atoms with E-state index in [0.717, 1.165) is 63.0 Å². The molecule has 2 aromatic rings. The Kier molecular flexibility index (Phi) is 4.63. The summed E-state index contributed by atoms with van der Waals surface area (Å²) in [6.45, 7) is 4.34. The highest BCUT2D eigenvalue weighted by Gasteiger charge is 2.41. The summed E-state index contributed by atoms with van der Waals surface area (Å²) >= 11 is 0. The van der Waals surface area contributed by atoms with Crippen LogP contribution < -0.4 is 14.7 Å². The lowest BCUT2D eigenvalue weighted by Gasteiger charge is -2.48. The van der Waals surface area contributed by atoms with Gasteiger partial charge in [-0.05, 0) is 31.0 Å². The van der Waals surface area contributed by atoms with Gasteiger partial charge >= 0.3 is 0 Å². The van der Waals surface area contributed by atoms with E-state index in [1.807, 2.05) is 26.4 Å². The maximum atomic E-state index is 6.31. The van der Waals surface area contributed by atoms with Crippen LogP contribution in [0.2, 0.25) is 0 Å². The van der Waals surface area contributed by atoms with Crippen molar-refractivity contribution >= 4 is 17.3 Å². The van der Waals surface area contributed by atoms with Gasteiger partial charge in [-0.3, -0.25) is 0 Å². The van der Waals surface area contributed by atoms with Crippen LogP contribution in [0.15, 0.2) is 36.9 Å². The number of pyridine rings is 1. The molecule has 138 valence electrons. The van der Waals surface area contributed by atoms with Gasteiger partial charge in [0.1, 0.15) is 23.6 Å². The van der Waals surface area contributed by atoms with Gasteiger partial charge in [0.15, 0.2) is 0 Å². The molecule has 4 rings (SSSR count). The predicted octanol–water partition coefficient (Wildman–Crippen LogP) is 1.81. The van der Waals surface area contributed by atoms with Gasteiger partial charge < -0.3 is 19.4 Å². The highest BCUT2D eigenvalue weighted by Crippen LogP contribution is 2.32. The van der Waals surface area contributed by atoms with Crippen LogP contribution >= 0.6 is 0 Å². The number of piperidine rings is 1. The summed E-state index contributed by atoms with van der Waals surface area (Å²) in [5.74, 6) is 2.01. The average molecular weight is 354 g/mol. The molecular formula is C19H26N6O. The summed E-state index contributed by atoms with van der Waals surface area (Å²) in [4.78, 5) is 19.9. The van der Waals surface area contributed by atoms with E-state index < -0.39 is 0 Å². The number of rotatable bonds is 3. The molecule has 0 bridgehead atoms. The van der Waals surface area contributed by atoms with Crippen molar-refractivity contribution in [2.75, 3.05) is 61.6 Å². The monoisotopic (exact) mass is 354 g/mol. The molecule has 2 aliphatic rings. The standard InChI is InChI=1S/C19H26N6O/c1-23(2)16-4-5-17(21-12-16)24-9-3-7-19(13-24)14-25(10-11-26-19)18-6-8-20-15-22-18/h4-6,8,12,15H,3,7,9-11,13-14H2,1-2H3. The van der Waals surface area contributed by atoms with Crippen molar-refractivity contribution in [3.63, 3.8) is 0 Å². The molecule has 1 atom stereocenters. The first-order valence-corrected chi connectivity index (χ1v) is 9.18. The fourth-order valence-electron chi connectivity index (χ4n) is 3.88. The fourth-order valence-corrected chi connectivity index (χ4v) is 3.88. The third-order valence-electron chi connectivity index (χ3n) is 5.25. The summed E-state index contributed by atoms with van der Waals surface area (Å²) in [7, 11) is 4.06. The molecule has 26 heavy (non-hydrogen) atoms. The van der Waals surface area contributed by atoms with Crippen LogP contribution in [0.5, 0.6) is 0 Å². The normalized spacial score (nSPS) is 23.3. The Morgan fingerprint density at radius 3 is 2.54 bits per heavy atom. The quantitative estimate of drug-likeness (QED) is 0.833. The van der Waals surface area contributed by atoms with Crippen molar-refractivity contribution in [1.29, 1.82) is 0 Å². The second-order valence-corrected chi connectivity index (χ2v) is 7.31. The van der Waals surface area contributed by atoms with Crippen molar-refractivity contribution < 1.29 is 4.74 Å². The third-order valence-corrected chi connectivity index (χ3v) is 5.25. The Labute approximate surface area is 154 Å². The van der Waals surface area contributed by atoms with Crippen LogP contribution in [0.4, 0.5) is 17.3 Å². The van der Waals surface area contributed by atoms with Gasteiger partial charge in [-0.15, -0.1) is 0 Å². The Bertz CT molecular complexity index is 719. The van der Waals surface area contributed by atoms with E-state index in [1.165, 1.54) is 0 Å². The Morgan fingerprint density at radius 2 is 1.85 bits per heavy atom. The molecule has 2 saturated heterocycles. The van der Waals surface area contributed by atoms with Gasteiger partial charge in [0.2, 0.25) is 0 Å². The smallest absolute Gasteiger partial charge is 0.132 e. The number of ether oxygens (including phenoxy) is 1. The minimum atomic E-state index is -0.163. The molecule has 2 aliphatic heterocycles. The average Bonchev–Trinajstić information content (AvgIpc) is 2.69. The summed E-state index contributed by atoms with van der Waals surface area (Å²) in [6, 6.07) is 6.21. The molecule has 4 heterocycles. The summed E-state index contributed by atoms with van der Waals surface area (Å²) in [5.41, 5.74) is 0.952. The largest absolute Gasteiger partial charge is 0.376 e. The number of nitrogens with zero attached hydrogens (tertiary/aromatic N) is 6. The van der Waals surface area contributed by atoms with E-state index in [1.54, 1.807) is 12.5 Å². The van der Waals surface area contributed by atoms with Gasteiger partial charge in [-0.25, -0.2) is 15.0 Å². The number of morpholine rings is 1. The summed E-state index contributed by atoms with van der Waals surface area (Å²) in [5, 5.41) is 0. The molecule has 0 N–H and O–H groups in total. The highest BCUT2D eigenvalue weighted by atomic mass is 16.5. The van der Waals surface area contributed by atoms with Gasteiger partial charge in [0.25, 0.3) is 0 Å². The summed E-state index contributed by atoms with van der Waals surface area (Å²) in [6.07, 6.45) is 7.52. The second kappa shape index (κ2) is 7.07. The Balaban J connectivity index is 1.50. The Morgan fingerprint density at radius 1 is 1.04 bits per heavy atom. The molecule has 7 heteroatoms. The molecule has 1 spiro atoms. The molecule has 7 nitrogen and oxygen atoms in total. The first-order valence-electron chi connectivity index (χ1n) is 9.18. The van der Waals surface area contributed by atoms with Gasteiger partial charge in [-0.1, -0.05) is 0 Å². The van der Waals surface area contributed by atoms with Crippen LogP contribution in [-0.2, 0) is 4.74 Å². The molecule has 0 saturated carbocycles. The maximum absolute atomic E-state index is 6.31. The minimum absolute atomic E-state index is 0.163. The molecule has 2 aromatic heterocycles. The zero-order chi connectivity index (χ0) is 18.0. The topological polar surface area (TPSA) is 57.6 Å². The fraction of sp³-hybridized carbons (Fsp3) is 0.526. The SMILES string of the molecule is CN(C)c1ccc(N2CCCC3(C2)CN(c2ccncn2)CCO3)nc1. The van der Waals surface area contributed by atoms with Crippen molar-refractivity contribution in [2.24, 2.45) is 0 Å². The van der Waals surface area contributed by atoms with Crippen LogP contribution in [-0.4, -0.2) is 67.4 Å². The zero-order valence-electron chi connectivity index (χ0n) is 15.5. The second-order valence-electron chi connectivity index (χ2n) is 7.31. The molecular weight excluding hydrogens is 328 g/mol. The molecule has 0 radical (unpaired) electrons. The third kappa shape index (κ3) is 3.44. The van der Waals surface area contributed by atoms with E-state index >= 15 is 0 Å². The van der Waals surface area contributed by atoms with Gasteiger partial charge in [0.05, 0.1) is 31.6 Å². The lowest BCUT2D eigenvalue weighted by atomic mass is 9.90. The van der Waals surface area contributed by atoms with Crippen LogP contribution in [0.3, 0.4) is 0 Å². The van der Waals surface area contributed by atoms with E-state index in [4.69, 9.17) is 4.74 Å². The first kappa shape index (κ1) is 17.0. The van der Waals surface area contributed by atoms with E-state index in [-0.39, 0.29) is 5.60 Å². The predicted molar refractivity (Wildman–Crippen MR) is 103 cm³/mol. The molecule has 2 fully saturated rings. The van der Waals surface area contributed by atoms with Gasteiger partial charge in [-0.2, -0.15) is 0 Å². The minimum Gasteiger partial charge on any atom is -0.376 e. The molecule has 0 aliphatic carbocycles. The number of hydrogen-bond acceptors (Lipinski definition) is 7. The van der Waals surface area contributed by atoms with Crippen molar-refractivity contribution in [1.82, 2.24) is 15.0 Å². The first-order chi connectivity index (χ1) is 12.7. The van der Waals surface area contributed by atoms with Gasteiger partial charge in [0, 0.05) is 33.4 Å². The molecule has 1 unspecified atom stereocenters. The van der Waals surface area contributed by atoms with Crippen LogP contribution in [0.1, 0.15) is 12.8 Å².